The Morgan fingerprint density at radius 2 is 2.06 bits per heavy atom. The second-order valence-electron chi connectivity index (χ2n) is 7.89. The molecule has 0 aliphatic carbocycles. The predicted molar refractivity (Wildman–Crippen MR) is 118 cm³/mol. The van der Waals surface area contributed by atoms with Crippen LogP contribution in [-0.4, -0.2) is 42.9 Å². The third-order valence-electron chi connectivity index (χ3n) is 5.43. The summed E-state index contributed by atoms with van der Waals surface area (Å²) in [5.41, 5.74) is 7.61. The number of primary amides is 1. The predicted octanol–water partition coefficient (Wildman–Crippen LogP) is 2.75. The van der Waals surface area contributed by atoms with Crippen LogP contribution in [0.2, 0.25) is 0 Å². The molecule has 2 unspecified atom stereocenters. The molecule has 0 saturated carbocycles. The normalized spacial score (nSPS) is 20.2. The molecule has 8 nitrogen and oxygen atoms in total. The molecule has 2 aromatic rings. The van der Waals surface area contributed by atoms with Gasteiger partial charge in [-0.3, -0.25) is 14.6 Å². The van der Waals surface area contributed by atoms with Crippen LogP contribution < -0.4 is 20.8 Å². The summed E-state index contributed by atoms with van der Waals surface area (Å²) in [5.74, 6) is -0.974. The smallest absolute Gasteiger partial charge is 0.272 e. The van der Waals surface area contributed by atoms with E-state index in [9.17, 15) is 14.0 Å². The number of hydrogen-bond acceptors (Lipinski definition) is 6. The van der Waals surface area contributed by atoms with Gasteiger partial charge in [-0.1, -0.05) is 6.07 Å². The highest BCUT2D eigenvalue weighted by atomic mass is 19.1. The molecule has 2 heterocycles. The number of carbonyl (C=O) groups excluding carboxylic acids is 2. The van der Waals surface area contributed by atoms with Gasteiger partial charge in [0.2, 0.25) is 5.91 Å². The molecule has 0 spiro atoms. The molecule has 0 bridgehead atoms. The fraction of sp³-hybridized carbons (Fsp3) is 0.348. The average molecular weight is 440 g/mol. The minimum Gasteiger partial charge on any atom is -0.489 e. The molecule has 2 amide bonds. The van der Waals surface area contributed by atoms with E-state index in [4.69, 9.17) is 15.2 Å². The minimum absolute atomic E-state index is 0.0382. The van der Waals surface area contributed by atoms with Gasteiger partial charge >= 0.3 is 0 Å². The molecule has 1 saturated heterocycles. The fourth-order valence-electron chi connectivity index (χ4n) is 3.71. The maximum atomic E-state index is 13.3. The quantitative estimate of drug-likeness (QED) is 0.689. The Labute approximate surface area is 185 Å². The van der Waals surface area contributed by atoms with E-state index in [0.717, 1.165) is 25.0 Å². The van der Waals surface area contributed by atoms with Gasteiger partial charge < -0.3 is 20.5 Å². The van der Waals surface area contributed by atoms with Crippen molar-refractivity contribution in [1.82, 2.24) is 0 Å². The molecular formula is C23H25FN4O4. The van der Waals surface area contributed by atoms with Crippen molar-refractivity contribution in [2.24, 2.45) is 10.8 Å². The molecule has 0 radical (unpaired) electrons. The van der Waals surface area contributed by atoms with E-state index in [1.807, 2.05) is 19.1 Å². The number of hydrazone groups is 1. The minimum atomic E-state index is -0.838. The number of carbonyl (C=O) groups is 2. The van der Waals surface area contributed by atoms with Gasteiger partial charge in [0.15, 0.2) is 0 Å². The van der Waals surface area contributed by atoms with E-state index in [1.54, 1.807) is 6.07 Å². The van der Waals surface area contributed by atoms with Gasteiger partial charge in [0.1, 0.15) is 29.9 Å². The van der Waals surface area contributed by atoms with Crippen LogP contribution in [0.3, 0.4) is 0 Å². The molecule has 9 heteroatoms. The SMILES string of the molecule is Cc1ccc(NC(=O)C2=NN(c3ccc(F)cc3)C(C(N)=O)C2)c(OCC2CCCO2)c1. The zero-order valence-corrected chi connectivity index (χ0v) is 17.7. The van der Waals surface area contributed by atoms with Crippen LogP contribution in [-0.2, 0) is 14.3 Å². The second-order valence-corrected chi connectivity index (χ2v) is 7.89. The first-order chi connectivity index (χ1) is 15.4. The number of nitrogens with two attached hydrogens (primary N) is 1. The Morgan fingerprint density at radius 1 is 1.28 bits per heavy atom. The number of nitrogens with zero attached hydrogens (tertiary/aromatic N) is 2. The van der Waals surface area contributed by atoms with Crippen LogP contribution in [0.4, 0.5) is 15.8 Å². The van der Waals surface area contributed by atoms with Gasteiger partial charge in [-0.2, -0.15) is 5.10 Å². The lowest BCUT2D eigenvalue weighted by Crippen LogP contribution is -2.39. The lowest BCUT2D eigenvalue weighted by molar-refractivity contribution is -0.119. The van der Waals surface area contributed by atoms with Crippen molar-refractivity contribution in [2.45, 2.75) is 38.3 Å². The van der Waals surface area contributed by atoms with Crippen LogP contribution in [0.5, 0.6) is 5.75 Å². The van der Waals surface area contributed by atoms with E-state index < -0.39 is 23.7 Å². The van der Waals surface area contributed by atoms with Gasteiger partial charge in [0.05, 0.1) is 17.5 Å². The van der Waals surface area contributed by atoms with Gasteiger partial charge in [0.25, 0.3) is 5.91 Å². The number of hydrogen-bond donors (Lipinski definition) is 2. The van der Waals surface area contributed by atoms with E-state index >= 15 is 0 Å². The molecule has 2 aromatic carbocycles. The van der Waals surface area contributed by atoms with Gasteiger partial charge in [0, 0.05) is 13.0 Å². The van der Waals surface area contributed by atoms with Crippen molar-refractivity contribution in [1.29, 1.82) is 0 Å². The van der Waals surface area contributed by atoms with Crippen LogP contribution in [0.1, 0.15) is 24.8 Å². The zero-order valence-electron chi connectivity index (χ0n) is 17.7. The Morgan fingerprint density at radius 3 is 2.75 bits per heavy atom. The lowest BCUT2D eigenvalue weighted by atomic mass is 10.1. The zero-order chi connectivity index (χ0) is 22.7. The topological polar surface area (TPSA) is 106 Å². The summed E-state index contributed by atoms with van der Waals surface area (Å²) >= 11 is 0. The molecule has 32 heavy (non-hydrogen) atoms. The molecule has 2 atom stereocenters. The molecule has 2 aliphatic heterocycles. The summed E-state index contributed by atoms with van der Waals surface area (Å²) in [7, 11) is 0. The van der Waals surface area contributed by atoms with Gasteiger partial charge in [-0.05, 0) is 61.7 Å². The number of benzene rings is 2. The van der Waals surface area contributed by atoms with Crippen LogP contribution in [0, 0.1) is 12.7 Å². The molecule has 3 N–H and O–H groups in total. The first-order valence-corrected chi connectivity index (χ1v) is 10.5. The molecule has 4 rings (SSSR count). The van der Waals surface area contributed by atoms with Gasteiger partial charge in [-0.15, -0.1) is 0 Å². The van der Waals surface area contributed by atoms with E-state index in [0.29, 0.717) is 23.7 Å². The highest BCUT2D eigenvalue weighted by molar-refractivity contribution is 6.44. The van der Waals surface area contributed by atoms with Gasteiger partial charge in [-0.25, -0.2) is 4.39 Å². The maximum Gasteiger partial charge on any atom is 0.272 e. The number of anilines is 2. The highest BCUT2D eigenvalue weighted by Crippen LogP contribution is 2.29. The largest absolute Gasteiger partial charge is 0.489 e. The number of halogens is 1. The van der Waals surface area contributed by atoms with E-state index in [-0.39, 0.29) is 18.2 Å². The third-order valence-corrected chi connectivity index (χ3v) is 5.43. The molecule has 0 aromatic heterocycles. The summed E-state index contributed by atoms with van der Waals surface area (Å²) < 4.78 is 24.8. The van der Waals surface area contributed by atoms with Crippen molar-refractivity contribution < 1.29 is 23.5 Å². The highest BCUT2D eigenvalue weighted by Gasteiger charge is 2.35. The number of rotatable bonds is 7. The summed E-state index contributed by atoms with van der Waals surface area (Å²) in [6, 6.07) is 10.1. The van der Waals surface area contributed by atoms with Crippen molar-refractivity contribution in [2.75, 3.05) is 23.5 Å². The molecule has 168 valence electrons. The first kappa shape index (κ1) is 21.8. The third kappa shape index (κ3) is 4.88. The molecule has 2 aliphatic rings. The van der Waals surface area contributed by atoms with Crippen molar-refractivity contribution in [3.63, 3.8) is 0 Å². The number of nitrogens with one attached hydrogen (secondary N) is 1. The number of ether oxygens (including phenoxy) is 2. The van der Waals surface area contributed by atoms with Crippen molar-refractivity contribution in [3.8, 4) is 5.75 Å². The van der Waals surface area contributed by atoms with Crippen LogP contribution >= 0.6 is 0 Å². The van der Waals surface area contributed by atoms with Crippen LogP contribution in [0.15, 0.2) is 47.6 Å². The first-order valence-electron chi connectivity index (χ1n) is 10.5. The van der Waals surface area contributed by atoms with Crippen molar-refractivity contribution in [3.05, 3.63) is 53.8 Å². The molecule has 1 fully saturated rings. The Kier molecular flexibility index (Phi) is 6.36. The Balaban J connectivity index is 1.51. The Bertz CT molecular complexity index is 1030. The summed E-state index contributed by atoms with van der Waals surface area (Å²) in [5, 5.41) is 8.47. The summed E-state index contributed by atoms with van der Waals surface area (Å²) in [6.45, 7) is 3.07. The molecular weight excluding hydrogens is 415 g/mol. The second kappa shape index (κ2) is 9.35. The standard InChI is InChI=1S/C23H25FN4O4/c1-14-4-9-18(21(11-14)32-13-17-3-2-10-31-17)26-23(30)19-12-20(22(25)29)28(27-19)16-7-5-15(24)6-8-16/h4-9,11,17,20H,2-3,10,12-13H2,1H3,(H2,25,29)(H,26,30). The summed E-state index contributed by atoms with van der Waals surface area (Å²) in [6.07, 6.45) is 2.03. The summed E-state index contributed by atoms with van der Waals surface area (Å²) in [4.78, 5) is 24.9. The maximum absolute atomic E-state index is 13.3. The lowest BCUT2D eigenvalue weighted by Gasteiger charge is -2.20. The monoisotopic (exact) mass is 440 g/mol. The van der Waals surface area contributed by atoms with E-state index in [2.05, 4.69) is 10.4 Å². The fourth-order valence-corrected chi connectivity index (χ4v) is 3.71. The average Bonchev–Trinajstić information content (AvgIpc) is 3.44. The Hall–Kier alpha value is -3.46. The van der Waals surface area contributed by atoms with E-state index in [1.165, 1.54) is 29.3 Å². The van der Waals surface area contributed by atoms with Crippen LogP contribution in [0.25, 0.3) is 0 Å². The number of aryl methyl sites for hydroxylation is 1. The number of amides is 2. The van der Waals surface area contributed by atoms with Crippen molar-refractivity contribution >= 4 is 28.9 Å².